The number of rotatable bonds is 6. The van der Waals surface area contributed by atoms with E-state index in [1.54, 1.807) is 30.3 Å². The van der Waals surface area contributed by atoms with E-state index in [1.807, 2.05) is 38.1 Å². The molecule has 0 saturated carbocycles. The van der Waals surface area contributed by atoms with Crippen LogP contribution in [0.15, 0.2) is 72.8 Å². The van der Waals surface area contributed by atoms with Gasteiger partial charge in [-0.25, -0.2) is 4.39 Å². The van der Waals surface area contributed by atoms with Gasteiger partial charge in [0, 0.05) is 11.4 Å². The largest absolute Gasteiger partial charge is 0.355 e. The van der Waals surface area contributed by atoms with Crippen molar-refractivity contribution >= 4 is 24.9 Å². The molecule has 3 aromatic carbocycles. The summed E-state index contributed by atoms with van der Waals surface area (Å²) in [6, 6.07) is 20.0. The summed E-state index contributed by atoms with van der Waals surface area (Å²) in [6.45, 7) is 3.88. The smallest absolute Gasteiger partial charge is 0.304 e. The van der Waals surface area contributed by atoms with Crippen LogP contribution in [0.3, 0.4) is 0 Å². The van der Waals surface area contributed by atoms with Crippen molar-refractivity contribution in [2.75, 3.05) is 10.2 Å². The number of hydrogen-bond donors (Lipinski definition) is 3. The summed E-state index contributed by atoms with van der Waals surface area (Å²) in [5.41, 5.74) is 3.02. The zero-order valence-electron chi connectivity index (χ0n) is 15.6. The van der Waals surface area contributed by atoms with Crippen LogP contribution >= 0.6 is 7.59 Å². The van der Waals surface area contributed by atoms with Gasteiger partial charge >= 0.3 is 7.59 Å². The molecule has 7 heteroatoms. The van der Waals surface area contributed by atoms with Crippen LogP contribution in [0.1, 0.15) is 21.5 Å². The van der Waals surface area contributed by atoms with Crippen molar-refractivity contribution in [2.45, 2.75) is 13.8 Å². The maximum Gasteiger partial charge on any atom is 0.355 e. The van der Waals surface area contributed by atoms with E-state index >= 15 is 0 Å². The normalized spacial score (nSPS) is 11.0. The van der Waals surface area contributed by atoms with Gasteiger partial charge in [0.25, 0.3) is 5.91 Å². The summed E-state index contributed by atoms with van der Waals surface area (Å²) in [7, 11) is -3.70. The van der Waals surface area contributed by atoms with Crippen molar-refractivity contribution in [2.24, 2.45) is 0 Å². The molecular weight excluding hydrogens is 376 g/mol. The van der Waals surface area contributed by atoms with Crippen LogP contribution in [0.25, 0.3) is 0 Å². The molecule has 5 nitrogen and oxygen atoms in total. The van der Waals surface area contributed by atoms with E-state index in [9.17, 15) is 13.8 Å². The number of amides is 1. The van der Waals surface area contributed by atoms with Crippen LogP contribution < -0.4 is 15.3 Å². The highest BCUT2D eigenvalue weighted by Gasteiger charge is 2.27. The summed E-state index contributed by atoms with van der Waals surface area (Å²) in [5, 5.41) is 8.14. The van der Waals surface area contributed by atoms with Crippen LogP contribution in [-0.4, -0.2) is 5.91 Å². The average Bonchev–Trinajstić information content (AvgIpc) is 2.66. The highest BCUT2D eigenvalue weighted by atomic mass is 31.2. The summed E-state index contributed by atoms with van der Waals surface area (Å²) in [5.74, 6) is -1.46. The molecule has 3 N–H and O–H groups in total. The van der Waals surface area contributed by atoms with E-state index in [4.69, 9.17) is 0 Å². The standard InChI is InChI=1S/C21H21FN3O2P/c1-15-7-11-17(12-8-15)23-28(27,24-18-13-9-16(2)10-14-18)25-21(26)19-5-3-4-6-20(19)22/h3-14H,1-2H3,(H3,23,24,25,26,27). The Morgan fingerprint density at radius 2 is 1.25 bits per heavy atom. The summed E-state index contributed by atoms with van der Waals surface area (Å²) < 4.78 is 27.5. The second kappa shape index (κ2) is 8.28. The number of carbonyl (C=O) groups is 1. The van der Waals surface area contributed by atoms with Crippen LogP contribution in [0, 0.1) is 19.7 Å². The molecule has 0 aliphatic rings. The van der Waals surface area contributed by atoms with E-state index < -0.39 is 19.3 Å². The monoisotopic (exact) mass is 397 g/mol. The lowest BCUT2D eigenvalue weighted by Gasteiger charge is -2.23. The minimum absolute atomic E-state index is 0.181. The molecule has 0 aromatic heterocycles. The second-order valence-electron chi connectivity index (χ2n) is 6.49. The lowest BCUT2D eigenvalue weighted by molar-refractivity contribution is 0.0977. The van der Waals surface area contributed by atoms with Gasteiger partial charge in [-0.15, -0.1) is 0 Å². The predicted molar refractivity (Wildman–Crippen MR) is 111 cm³/mol. The van der Waals surface area contributed by atoms with Crippen molar-refractivity contribution in [3.8, 4) is 0 Å². The molecule has 0 saturated heterocycles. The van der Waals surface area contributed by atoms with Gasteiger partial charge in [0.05, 0.1) is 5.56 Å². The third kappa shape index (κ3) is 4.99. The molecule has 0 radical (unpaired) electrons. The number of anilines is 2. The maximum atomic E-state index is 14.0. The van der Waals surface area contributed by atoms with E-state index in [1.165, 1.54) is 18.2 Å². The van der Waals surface area contributed by atoms with Crippen LogP contribution in [0.2, 0.25) is 0 Å². The summed E-state index contributed by atoms with van der Waals surface area (Å²) in [4.78, 5) is 12.6. The minimum Gasteiger partial charge on any atom is -0.304 e. The van der Waals surface area contributed by atoms with Crippen molar-refractivity contribution in [3.63, 3.8) is 0 Å². The Labute approximate surface area is 163 Å². The van der Waals surface area contributed by atoms with Gasteiger partial charge in [-0.1, -0.05) is 47.5 Å². The molecule has 0 heterocycles. The quantitative estimate of drug-likeness (QED) is 0.480. The Bertz CT molecular complexity index is 969. The number of hydrogen-bond acceptors (Lipinski definition) is 2. The summed E-state index contributed by atoms with van der Waals surface area (Å²) in [6.07, 6.45) is 0. The molecule has 0 unspecified atom stereocenters. The first-order valence-electron chi connectivity index (χ1n) is 8.72. The van der Waals surface area contributed by atoms with Crippen molar-refractivity contribution in [1.29, 1.82) is 0 Å². The molecule has 3 aromatic rings. The third-order valence-corrected chi connectivity index (χ3v) is 5.72. The fourth-order valence-corrected chi connectivity index (χ4v) is 4.15. The van der Waals surface area contributed by atoms with Crippen LogP contribution in [0.5, 0.6) is 0 Å². The SMILES string of the molecule is Cc1ccc(NP(=O)(NC(=O)c2ccccc2F)Nc2ccc(C)cc2)cc1. The molecule has 0 atom stereocenters. The molecule has 0 spiro atoms. The first-order chi connectivity index (χ1) is 13.3. The van der Waals surface area contributed by atoms with Gasteiger partial charge in [0.2, 0.25) is 0 Å². The molecule has 1 amide bonds. The van der Waals surface area contributed by atoms with Gasteiger partial charge in [-0.2, -0.15) is 0 Å². The lowest BCUT2D eigenvalue weighted by atomic mass is 10.2. The van der Waals surface area contributed by atoms with Crippen molar-refractivity contribution in [1.82, 2.24) is 5.09 Å². The summed E-state index contributed by atoms with van der Waals surface area (Å²) >= 11 is 0. The molecule has 0 bridgehead atoms. The van der Waals surface area contributed by atoms with Crippen LogP contribution in [-0.2, 0) is 4.57 Å². The van der Waals surface area contributed by atoms with Gasteiger partial charge in [0.15, 0.2) is 0 Å². The number of halogens is 1. The zero-order chi connectivity index (χ0) is 20.1. The molecule has 0 aliphatic heterocycles. The number of nitrogens with one attached hydrogen (secondary N) is 3. The van der Waals surface area contributed by atoms with Crippen molar-refractivity contribution in [3.05, 3.63) is 95.3 Å². The van der Waals surface area contributed by atoms with Crippen LogP contribution in [0.4, 0.5) is 15.8 Å². The molecule has 144 valence electrons. The fraction of sp³-hybridized carbons (Fsp3) is 0.0952. The van der Waals surface area contributed by atoms with Gasteiger partial charge in [0.1, 0.15) is 5.82 Å². The Morgan fingerprint density at radius 1 is 0.786 bits per heavy atom. The number of aryl methyl sites for hydroxylation is 2. The van der Waals surface area contributed by atoms with E-state index in [2.05, 4.69) is 15.3 Å². The predicted octanol–water partition coefficient (Wildman–Crippen LogP) is 5.50. The number of benzene rings is 3. The average molecular weight is 397 g/mol. The van der Waals surface area contributed by atoms with E-state index in [0.29, 0.717) is 11.4 Å². The maximum absolute atomic E-state index is 14.0. The lowest BCUT2D eigenvalue weighted by Crippen LogP contribution is -2.28. The molecule has 3 rings (SSSR count). The zero-order valence-corrected chi connectivity index (χ0v) is 16.5. The third-order valence-electron chi connectivity index (χ3n) is 4.05. The molecule has 0 aliphatic carbocycles. The second-order valence-corrected chi connectivity index (χ2v) is 8.38. The van der Waals surface area contributed by atoms with Gasteiger partial charge in [-0.3, -0.25) is 14.4 Å². The minimum atomic E-state index is -3.70. The molecule has 28 heavy (non-hydrogen) atoms. The van der Waals surface area contributed by atoms with E-state index in [-0.39, 0.29) is 5.56 Å². The first-order valence-corrected chi connectivity index (χ1v) is 10.4. The first kappa shape index (κ1) is 19.6. The van der Waals surface area contributed by atoms with E-state index in [0.717, 1.165) is 11.1 Å². The van der Waals surface area contributed by atoms with Crippen molar-refractivity contribution < 1.29 is 13.8 Å². The molecular formula is C21H21FN3O2P. The Hall–Kier alpha value is -3.11. The Morgan fingerprint density at radius 3 is 1.71 bits per heavy atom. The highest BCUT2D eigenvalue weighted by Crippen LogP contribution is 2.42. The van der Waals surface area contributed by atoms with Gasteiger partial charge in [-0.05, 0) is 50.2 Å². The number of carbonyl (C=O) groups excluding carboxylic acids is 1. The van der Waals surface area contributed by atoms with Gasteiger partial charge < -0.3 is 10.2 Å². The topological polar surface area (TPSA) is 70.2 Å². The molecule has 0 fully saturated rings. The Kier molecular flexibility index (Phi) is 5.81. The highest BCUT2D eigenvalue weighted by molar-refractivity contribution is 7.65. The fourth-order valence-electron chi connectivity index (χ4n) is 2.55. The Balaban J connectivity index is 1.89.